The molecule has 9 heteroatoms. The lowest BCUT2D eigenvalue weighted by Crippen LogP contribution is -2.49. The molecule has 1 fully saturated rings. The minimum atomic E-state index is -0.725. The fraction of sp³-hybridized carbons (Fsp3) is 0.524. The zero-order valence-corrected chi connectivity index (χ0v) is 18.8. The third-order valence-corrected chi connectivity index (χ3v) is 6.03. The molecular weight excluding hydrogens is 402 g/mol. The Kier molecular flexibility index (Phi) is 6.52. The van der Waals surface area contributed by atoms with E-state index in [9.17, 15) is 14.7 Å². The average Bonchev–Trinajstić information content (AvgIpc) is 3.33. The zero-order valence-electron chi connectivity index (χ0n) is 18.0. The van der Waals surface area contributed by atoms with E-state index in [1.165, 1.54) is 11.9 Å². The van der Waals surface area contributed by atoms with Gasteiger partial charge in [-0.2, -0.15) is 0 Å². The number of likely N-dealkylation sites (tertiary alicyclic amines) is 1. The molecule has 2 N–H and O–H groups in total. The van der Waals surface area contributed by atoms with Crippen molar-refractivity contribution in [1.82, 2.24) is 25.2 Å². The van der Waals surface area contributed by atoms with Crippen LogP contribution in [0.1, 0.15) is 33.2 Å². The van der Waals surface area contributed by atoms with Gasteiger partial charge < -0.3 is 15.3 Å². The number of amides is 2. The van der Waals surface area contributed by atoms with Gasteiger partial charge >= 0.3 is 0 Å². The summed E-state index contributed by atoms with van der Waals surface area (Å²) < 4.78 is 1.58. The third kappa shape index (κ3) is 4.52. The van der Waals surface area contributed by atoms with Crippen molar-refractivity contribution in [3.05, 3.63) is 30.5 Å². The highest BCUT2D eigenvalue weighted by Gasteiger charge is 2.45. The van der Waals surface area contributed by atoms with E-state index < -0.39 is 23.6 Å². The zero-order chi connectivity index (χ0) is 22.1. The summed E-state index contributed by atoms with van der Waals surface area (Å²) in [4.78, 5) is 28.4. The number of thioether (sulfide) groups is 1. The molecule has 162 valence electrons. The molecule has 1 saturated heterocycles. The van der Waals surface area contributed by atoms with Crippen molar-refractivity contribution >= 4 is 23.6 Å². The first-order chi connectivity index (χ1) is 14.2. The van der Waals surface area contributed by atoms with Crippen LogP contribution in [0, 0.1) is 5.41 Å². The summed E-state index contributed by atoms with van der Waals surface area (Å²) >= 11 is 1.64. The van der Waals surface area contributed by atoms with Crippen molar-refractivity contribution in [2.45, 2.75) is 50.3 Å². The normalized spacial score (nSPS) is 20.3. The molecule has 0 aliphatic carbocycles. The molecule has 3 rings (SSSR count). The van der Waals surface area contributed by atoms with Gasteiger partial charge in [0.25, 0.3) is 0 Å². The summed E-state index contributed by atoms with van der Waals surface area (Å²) in [7, 11) is 1.53. The number of nitrogens with zero attached hydrogens (tertiary/aromatic N) is 4. The number of aromatic nitrogens is 3. The van der Waals surface area contributed by atoms with E-state index in [0.29, 0.717) is 5.69 Å². The SMILES string of the molecule is CNC(=O)C1CC(O)CN1C(=O)[C@@H](n1cc(-c2cccc(SC)c2)nn1)C(C)(C)C. The van der Waals surface area contributed by atoms with E-state index in [1.54, 1.807) is 22.6 Å². The molecule has 30 heavy (non-hydrogen) atoms. The second-order valence-electron chi connectivity index (χ2n) is 8.59. The Morgan fingerprint density at radius 2 is 2.07 bits per heavy atom. The highest BCUT2D eigenvalue weighted by molar-refractivity contribution is 7.98. The molecule has 1 aliphatic rings. The fourth-order valence-corrected chi connectivity index (χ4v) is 4.29. The van der Waals surface area contributed by atoms with Gasteiger partial charge in [0.2, 0.25) is 11.8 Å². The number of carbonyl (C=O) groups is 2. The smallest absolute Gasteiger partial charge is 0.248 e. The molecule has 0 saturated carbocycles. The minimum absolute atomic E-state index is 0.126. The molecule has 2 aromatic rings. The van der Waals surface area contributed by atoms with Gasteiger partial charge in [0.05, 0.1) is 12.3 Å². The summed E-state index contributed by atoms with van der Waals surface area (Å²) in [6, 6.07) is 6.62. The van der Waals surface area contributed by atoms with E-state index in [-0.39, 0.29) is 24.8 Å². The lowest BCUT2D eigenvalue weighted by Gasteiger charge is -2.34. The van der Waals surface area contributed by atoms with Crippen molar-refractivity contribution in [1.29, 1.82) is 0 Å². The lowest BCUT2D eigenvalue weighted by atomic mass is 9.85. The topological polar surface area (TPSA) is 100 Å². The number of rotatable bonds is 5. The number of carbonyl (C=O) groups excluding carboxylic acids is 2. The van der Waals surface area contributed by atoms with Crippen molar-refractivity contribution < 1.29 is 14.7 Å². The number of hydrogen-bond acceptors (Lipinski definition) is 6. The van der Waals surface area contributed by atoms with Crippen LogP contribution in [0.4, 0.5) is 0 Å². The van der Waals surface area contributed by atoms with Crippen LogP contribution in [0.2, 0.25) is 0 Å². The van der Waals surface area contributed by atoms with Gasteiger partial charge in [0, 0.05) is 30.5 Å². The molecular formula is C21H29N5O3S. The first-order valence-electron chi connectivity index (χ1n) is 9.92. The Labute approximate surface area is 181 Å². The van der Waals surface area contributed by atoms with Gasteiger partial charge in [0.15, 0.2) is 0 Å². The van der Waals surface area contributed by atoms with Crippen LogP contribution in [-0.4, -0.2) is 68.8 Å². The first kappa shape index (κ1) is 22.3. The lowest BCUT2D eigenvalue weighted by molar-refractivity contribution is -0.144. The number of nitrogens with one attached hydrogen (secondary N) is 1. The predicted molar refractivity (Wildman–Crippen MR) is 116 cm³/mol. The van der Waals surface area contributed by atoms with E-state index >= 15 is 0 Å². The summed E-state index contributed by atoms with van der Waals surface area (Å²) in [5.74, 6) is -0.525. The van der Waals surface area contributed by atoms with Gasteiger partial charge in [-0.1, -0.05) is 38.1 Å². The summed E-state index contributed by atoms with van der Waals surface area (Å²) in [5.41, 5.74) is 1.12. The fourth-order valence-electron chi connectivity index (χ4n) is 3.83. The minimum Gasteiger partial charge on any atom is -0.391 e. The Hall–Kier alpha value is -2.39. The quantitative estimate of drug-likeness (QED) is 0.702. The average molecular weight is 432 g/mol. The molecule has 1 aromatic heterocycles. The standard InChI is InChI=1S/C21H29N5O3S/c1-21(2,3)18(20(29)25-11-14(27)10-17(25)19(28)22-4)26-12-16(23-24-26)13-7-6-8-15(9-13)30-5/h6-9,12,14,17-18,27H,10-11H2,1-5H3,(H,22,28)/t14?,17?,18-/m1/s1. The van der Waals surface area contributed by atoms with Crippen LogP contribution in [0.3, 0.4) is 0 Å². The second kappa shape index (κ2) is 8.77. The van der Waals surface area contributed by atoms with Gasteiger partial charge in [-0.25, -0.2) is 4.68 Å². The number of likely N-dealkylation sites (N-methyl/N-ethyl adjacent to an activating group) is 1. The third-order valence-electron chi connectivity index (χ3n) is 5.31. The second-order valence-corrected chi connectivity index (χ2v) is 9.47. The Morgan fingerprint density at radius 1 is 1.33 bits per heavy atom. The Balaban J connectivity index is 1.95. The maximum absolute atomic E-state index is 13.6. The van der Waals surface area contributed by atoms with Crippen LogP contribution < -0.4 is 5.32 Å². The van der Waals surface area contributed by atoms with Crippen molar-refractivity contribution in [3.63, 3.8) is 0 Å². The van der Waals surface area contributed by atoms with Gasteiger partial charge in [-0.3, -0.25) is 9.59 Å². The van der Waals surface area contributed by atoms with Crippen LogP contribution in [0.15, 0.2) is 35.4 Å². The summed E-state index contributed by atoms with van der Waals surface area (Å²) in [6.45, 7) is 5.98. The molecule has 2 heterocycles. The van der Waals surface area contributed by atoms with Crippen molar-refractivity contribution in [3.8, 4) is 11.3 Å². The van der Waals surface area contributed by atoms with Crippen LogP contribution >= 0.6 is 11.8 Å². The largest absolute Gasteiger partial charge is 0.391 e. The van der Waals surface area contributed by atoms with Gasteiger partial charge in [-0.15, -0.1) is 16.9 Å². The highest BCUT2D eigenvalue weighted by atomic mass is 32.2. The number of β-amino-alcohol motifs (C(OH)–C–C–N with tert-alkyl or cyclic N) is 1. The van der Waals surface area contributed by atoms with Crippen molar-refractivity contribution in [2.75, 3.05) is 19.8 Å². The van der Waals surface area contributed by atoms with E-state index in [2.05, 4.69) is 15.6 Å². The molecule has 0 bridgehead atoms. The van der Waals surface area contributed by atoms with Crippen LogP contribution in [0.5, 0.6) is 0 Å². The molecule has 8 nitrogen and oxygen atoms in total. The molecule has 1 aliphatic heterocycles. The number of aliphatic hydroxyl groups excluding tert-OH is 1. The number of aliphatic hydroxyl groups is 1. The monoisotopic (exact) mass is 431 g/mol. The number of hydrogen-bond donors (Lipinski definition) is 2. The predicted octanol–water partition coefficient (Wildman–Crippen LogP) is 1.96. The summed E-state index contributed by atoms with van der Waals surface area (Å²) in [6.07, 6.45) is 3.29. The molecule has 0 spiro atoms. The van der Waals surface area contributed by atoms with E-state index in [1.807, 2.05) is 51.3 Å². The van der Waals surface area contributed by atoms with Gasteiger partial charge in [0.1, 0.15) is 17.8 Å². The first-order valence-corrected chi connectivity index (χ1v) is 11.1. The van der Waals surface area contributed by atoms with Crippen LogP contribution in [-0.2, 0) is 9.59 Å². The maximum atomic E-state index is 13.6. The molecule has 2 unspecified atom stereocenters. The van der Waals surface area contributed by atoms with Crippen molar-refractivity contribution in [2.24, 2.45) is 5.41 Å². The molecule has 3 atom stereocenters. The highest BCUT2D eigenvalue weighted by Crippen LogP contribution is 2.35. The summed E-state index contributed by atoms with van der Waals surface area (Å²) in [5, 5.41) is 21.3. The molecule has 0 radical (unpaired) electrons. The maximum Gasteiger partial charge on any atom is 0.248 e. The Morgan fingerprint density at radius 3 is 2.70 bits per heavy atom. The number of benzene rings is 1. The van der Waals surface area contributed by atoms with Gasteiger partial charge in [-0.05, 0) is 23.8 Å². The van der Waals surface area contributed by atoms with E-state index in [0.717, 1.165) is 10.5 Å². The van der Waals surface area contributed by atoms with E-state index in [4.69, 9.17) is 0 Å². The Bertz CT molecular complexity index is 923. The molecule has 1 aromatic carbocycles. The molecule has 2 amide bonds. The van der Waals surface area contributed by atoms with Crippen LogP contribution in [0.25, 0.3) is 11.3 Å².